The monoisotopic (exact) mass is 229 g/mol. The molecule has 0 bridgehead atoms. The minimum atomic E-state index is -0.330. The maximum absolute atomic E-state index is 9.52. The quantitative estimate of drug-likeness (QED) is 0.778. The SMILES string of the molecule is CC(C)c1cccc(C2(C#N)CCOCC2)c1. The smallest absolute Gasteiger partial charge is 0.0866 e. The molecule has 1 aliphatic heterocycles. The van der Waals surface area contributed by atoms with Gasteiger partial charge in [0.25, 0.3) is 0 Å². The van der Waals surface area contributed by atoms with Gasteiger partial charge in [0.1, 0.15) is 0 Å². The standard InChI is InChI=1S/C15H19NO/c1-12(2)13-4-3-5-14(10-13)15(11-16)6-8-17-9-7-15/h3-5,10,12H,6-9H2,1-2H3. The van der Waals surface area contributed by atoms with E-state index in [4.69, 9.17) is 4.74 Å². The van der Waals surface area contributed by atoms with E-state index in [2.05, 4.69) is 44.2 Å². The van der Waals surface area contributed by atoms with Crippen LogP contribution in [0, 0.1) is 11.3 Å². The Morgan fingerprint density at radius 2 is 2.00 bits per heavy atom. The van der Waals surface area contributed by atoms with Crippen molar-refractivity contribution < 1.29 is 4.74 Å². The zero-order valence-electron chi connectivity index (χ0n) is 10.6. The van der Waals surface area contributed by atoms with Crippen LogP contribution in [0.15, 0.2) is 24.3 Å². The van der Waals surface area contributed by atoms with Crippen LogP contribution in [-0.4, -0.2) is 13.2 Å². The lowest BCUT2D eigenvalue weighted by Gasteiger charge is -2.31. The van der Waals surface area contributed by atoms with Gasteiger partial charge in [-0.25, -0.2) is 0 Å². The predicted molar refractivity (Wildman–Crippen MR) is 67.9 cm³/mol. The third-order valence-electron chi connectivity index (χ3n) is 3.67. The molecule has 1 aromatic rings. The molecule has 90 valence electrons. The van der Waals surface area contributed by atoms with Crippen LogP contribution in [0.4, 0.5) is 0 Å². The molecule has 0 N–H and O–H groups in total. The predicted octanol–water partition coefficient (Wildman–Crippen LogP) is 3.38. The van der Waals surface area contributed by atoms with Crippen LogP contribution in [0.3, 0.4) is 0 Å². The summed E-state index contributed by atoms with van der Waals surface area (Å²) in [5.74, 6) is 0.505. The summed E-state index contributed by atoms with van der Waals surface area (Å²) < 4.78 is 5.37. The van der Waals surface area contributed by atoms with E-state index in [1.807, 2.05) is 0 Å². The van der Waals surface area contributed by atoms with Crippen molar-refractivity contribution >= 4 is 0 Å². The van der Waals surface area contributed by atoms with Gasteiger partial charge >= 0.3 is 0 Å². The van der Waals surface area contributed by atoms with Gasteiger partial charge in [0.05, 0.1) is 11.5 Å². The molecule has 0 aliphatic carbocycles. The third-order valence-corrected chi connectivity index (χ3v) is 3.67. The van der Waals surface area contributed by atoms with Crippen LogP contribution in [0.25, 0.3) is 0 Å². The van der Waals surface area contributed by atoms with E-state index >= 15 is 0 Å². The molecule has 0 amide bonds. The van der Waals surface area contributed by atoms with E-state index in [0.717, 1.165) is 18.4 Å². The van der Waals surface area contributed by atoms with E-state index in [9.17, 15) is 5.26 Å². The Morgan fingerprint density at radius 3 is 2.59 bits per heavy atom. The zero-order valence-corrected chi connectivity index (χ0v) is 10.6. The molecule has 0 unspecified atom stereocenters. The van der Waals surface area contributed by atoms with Crippen molar-refractivity contribution in [1.29, 1.82) is 5.26 Å². The molecule has 0 atom stereocenters. The lowest BCUT2D eigenvalue weighted by atomic mass is 9.75. The van der Waals surface area contributed by atoms with Gasteiger partial charge in [0.2, 0.25) is 0 Å². The summed E-state index contributed by atoms with van der Waals surface area (Å²) in [5.41, 5.74) is 2.14. The van der Waals surface area contributed by atoms with Gasteiger partial charge in [-0.3, -0.25) is 0 Å². The highest BCUT2D eigenvalue weighted by Crippen LogP contribution is 2.35. The summed E-state index contributed by atoms with van der Waals surface area (Å²) in [6.45, 7) is 5.75. The van der Waals surface area contributed by atoms with Crippen molar-refractivity contribution in [3.63, 3.8) is 0 Å². The fourth-order valence-corrected chi connectivity index (χ4v) is 2.38. The normalized spacial score (nSPS) is 18.9. The second kappa shape index (κ2) is 4.89. The van der Waals surface area contributed by atoms with E-state index in [1.165, 1.54) is 5.56 Å². The first-order valence-corrected chi connectivity index (χ1v) is 6.27. The number of nitriles is 1. The van der Waals surface area contributed by atoms with Gasteiger partial charge in [-0.15, -0.1) is 0 Å². The Kier molecular flexibility index (Phi) is 3.49. The summed E-state index contributed by atoms with van der Waals surface area (Å²) in [6, 6.07) is 11.0. The second-order valence-corrected chi connectivity index (χ2v) is 5.09. The van der Waals surface area contributed by atoms with Crippen molar-refractivity contribution in [3.8, 4) is 6.07 Å². The summed E-state index contributed by atoms with van der Waals surface area (Å²) in [5, 5.41) is 9.52. The number of ether oxygens (including phenoxy) is 1. The molecular weight excluding hydrogens is 210 g/mol. The number of rotatable bonds is 2. The van der Waals surface area contributed by atoms with Gasteiger partial charge in [-0.1, -0.05) is 38.1 Å². The molecule has 0 radical (unpaired) electrons. The molecule has 0 saturated carbocycles. The molecule has 1 fully saturated rings. The Balaban J connectivity index is 2.37. The fraction of sp³-hybridized carbons (Fsp3) is 0.533. The first-order valence-electron chi connectivity index (χ1n) is 6.27. The van der Waals surface area contributed by atoms with Crippen molar-refractivity contribution in [2.24, 2.45) is 0 Å². The van der Waals surface area contributed by atoms with Gasteiger partial charge < -0.3 is 4.74 Å². The topological polar surface area (TPSA) is 33.0 Å². The highest BCUT2D eigenvalue weighted by atomic mass is 16.5. The first-order chi connectivity index (χ1) is 8.18. The highest BCUT2D eigenvalue weighted by Gasteiger charge is 2.34. The van der Waals surface area contributed by atoms with E-state index < -0.39 is 0 Å². The maximum atomic E-state index is 9.52. The number of hydrogen-bond donors (Lipinski definition) is 0. The molecular formula is C15H19NO. The average molecular weight is 229 g/mol. The van der Waals surface area contributed by atoms with Crippen LogP contribution in [0.2, 0.25) is 0 Å². The van der Waals surface area contributed by atoms with E-state index in [0.29, 0.717) is 19.1 Å². The summed E-state index contributed by atoms with van der Waals surface area (Å²) in [7, 11) is 0. The number of benzene rings is 1. The largest absolute Gasteiger partial charge is 0.381 e. The van der Waals surface area contributed by atoms with Crippen LogP contribution in [-0.2, 0) is 10.2 Å². The molecule has 1 heterocycles. The zero-order chi connectivity index (χ0) is 12.3. The summed E-state index contributed by atoms with van der Waals surface area (Å²) in [6.07, 6.45) is 1.62. The highest BCUT2D eigenvalue weighted by molar-refractivity contribution is 5.36. The number of hydrogen-bond acceptors (Lipinski definition) is 2. The van der Waals surface area contributed by atoms with Crippen LogP contribution < -0.4 is 0 Å². The lowest BCUT2D eigenvalue weighted by molar-refractivity contribution is 0.0675. The van der Waals surface area contributed by atoms with Crippen LogP contribution >= 0.6 is 0 Å². The molecule has 2 heteroatoms. The van der Waals surface area contributed by atoms with E-state index in [-0.39, 0.29) is 5.41 Å². The molecule has 17 heavy (non-hydrogen) atoms. The minimum Gasteiger partial charge on any atom is -0.381 e. The molecule has 1 saturated heterocycles. The molecule has 2 nitrogen and oxygen atoms in total. The van der Waals surface area contributed by atoms with Gasteiger partial charge in [-0.05, 0) is 29.9 Å². The second-order valence-electron chi connectivity index (χ2n) is 5.09. The Labute approximate surface area is 103 Å². The minimum absolute atomic E-state index is 0.330. The van der Waals surface area contributed by atoms with E-state index in [1.54, 1.807) is 0 Å². The average Bonchev–Trinajstić information content (AvgIpc) is 2.39. The van der Waals surface area contributed by atoms with Gasteiger partial charge in [-0.2, -0.15) is 5.26 Å². The Hall–Kier alpha value is -1.33. The third kappa shape index (κ3) is 2.35. The molecule has 0 aromatic heterocycles. The van der Waals surface area contributed by atoms with Crippen molar-refractivity contribution in [2.45, 2.75) is 38.0 Å². The van der Waals surface area contributed by atoms with Crippen LogP contribution in [0.1, 0.15) is 43.7 Å². The molecule has 1 aliphatic rings. The van der Waals surface area contributed by atoms with Crippen LogP contribution in [0.5, 0.6) is 0 Å². The van der Waals surface area contributed by atoms with Gasteiger partial charge in [0, 0.05) is 13.2 Å². The molecule has 0 spiro atoms. The Morgan fingerprint density at radius 1 is 1.29 bits per heavy atom. The van der Waals surface area contributed by atoms with Crippen molar-refractivity contribution in [1.82, 2.24) is 0 Å². The Bertz CT molecular complexity index is 425. The summed E-state index contributed by atoms with van der Waals surface area (Å²) in [4.78, 5) is 0. The first kappa shape index (κ1) is 12.1. The van der Waals surface area contributed by atoms with Gasteiger partial charge in [0.15, 0.2) is 0 Å². The molecule has 2 rings (SSSR count). The number of nitrogens with zero attached hydrogens (tertiary/aromatic N) is 1. The summed E-state index contributed by atoms with van der Waals surface area (Å²) >= 11 is 0. The van der Waals surface area contributed by atoms with Crippen molar-refractivity contribution in [3.05, 3.63) is 35.4 Å². The maximum Gasteiger partial charge on any atom is 0.0866 e. The van der Waals surface area contributed by atoms with Crippen molar-refractivity contribution in [2.75, 3.05) is 13.2 Å². The lowest BCUT2D eigenvalue weighted by Crippen LogP contribution is -2.32. The molecule has 1 aromatic carbocycles. The fourth-order valence-electron chi connectivity index (χ4n) is 2.38.